The number of nitrogens with one attached hydrogen (secondary N) is 1. The number of halogens is 1. The summed E-state index contributed by atoms with van der Waals surface area (Å²) in [6, 6.07) is 4.55. The van der Waals surface area contributed by atoms with Gasteiger partial charge in [0.2, 0.25) is 5.91 Å². The smallest absolute Gasteiger partial charge is 0.224 e. The van der Waals surface area contributed by atoms with E-state index in [2.05, 4.69) is 5.32 Å². The van der Waals surface area contributed by atoms with E-state index in [1.54, 1.807) is 6.07 Å². The maximum atomic E-state index is 11.8. The number of carbonyl (C=O) groups is 1. The molecule has 3 nitrogen and oxygen atoms in total. The van der Waals surface area contributed by atoms with E-state index in [0.717, 1.165) is 12.8 Å². The lowest BCUT2D eigenvalue weighted by Crippen LogP contribution is -2.15. The van der Waals surface area contributed by atoms with Crippen LogP contribution in [0.5, 0.6) is 5.75 Å². The quantitative estimate of drug-likeness (QED) is 0.809. The first-order valence-corrected chi connectivity index (χ1v) is 6.31. The Balaban J connectivity index is 1.93. The van der Waals surface area contributed by atoms with Crippen molar-refractivity contribution < 1.29 is 9.90 Å². The highest BCUT2D eigenvalue weighted by Crippen LogP contribution is 2.29. The van der Waals surface area contributed by atoms with Gasteiger partial charge in [0.25, 0.3) is 0 Å². The molecule has 0 aliphatic heterocycles. The van der Waals surface area contributed by atoms with Crippen LogP contribution < -0.4 is 5.32 Å². The molecule has 4 heteroatoms. The van der Waals surface area contributed by atoms with Gasteiger partial charge in [-0.2, -0.15) is 0 Å². The van der Waals surface area contributed by atoms with Gasteiger partial charge in [-0.25, -0.2) is 0 Å². The van der Waals surface area contributed by atoms with Crippen molar-refractivity contribution >= 4 is 23.2 Å². The van der Waals surface area contributed by atoms with Crippen LogP contribution in [0.15, 0.2) is 18.2 Å². The molecule has 92 valence electrons. The molecule has 0 spiro atoms. The standard InChI is InChI=1S/C13H16ClNO2/c14-11-8-10(16)5-6-12(11)15-13(17)7-9-3-1-2-4-9/h5-6,8-9,16H,1-4,7H2,(H,15,17). The van der Waals surface area contributed by atoms with E-state index in [1.165, 1.54) is 25.0 Å². The van der Waals surface area contributed by atoms with Gasteiger partial charge in [-0.05, 0) is 30.9 Å². The Morgan fingerprint density at radius 3 is 2.76 bits per heavy atom. The van der Waals surface area contributed by atoms with Gasteiger partial charge < -0.3 is 10.4 Å². The molecular weight excluding hydrogens is 238 g/mol. The second-order valence-corrected chi connectivity index (χ2v) is 4.97. The van der Waals surface area contributed by atoms with Gasteiger partial charge in [0.05, 0.1) is 10.7 Å². The second kappa shape index (κ2) is 5.41. The molecule has 1 aliphatic carbocycles. The number of hydrogen-bond acceptors (Lipinski definition) is 2. The molecule has 0 heterocycles. The minimum absolute atomic E-state index is 0.00416. The number of amides is 1. The van der Waals surface area contributed by atoms with E-state index in [-0.39, 0.29) is 11.7 Å². The van der Waals surface area contributed by atoms with Gasteiger partial charge in [0, 0.05) is 12.5 Å². The first kappa shape index (κ1) is 12.2. The van der Waals surface area contributed by atoms with Gasteiger partial charge in [-0.1, -0.05) is 24.4 Å². The van der Waals surface area contributed by atoms with Crippen molar-refractivity contribution in [2.75, 3.05) is 5.32 Å². The molecule has 1 aliphatic rings. The summed E-state index contributed by atoms with van der Waals surface area (Å²) in [5.41, 5.74) is 0.562. The molecule has 0 atom stereocenters. The predicted octanol–water partition coefficient (Wildman–Crippen LogP) is 3.56. The van der Waals surface area contributed by atoms with Crippen LogP contribution in [-0.2, 0) is 4.79 Å². The van der Waals surface area contributed by atoms with E-state index >= 15 is 0 Å². The average molecular weight is 254 g/mol. The highest BCUT2D eigenvalue weighted by molar-refractivity contribution is 6.33. The van der Waals surface area contributed by atoms with Crippen molar-refractivity contribution in [3.05, 3.63) is 23.2 Å². The molecule has 0 aromatic heterocycles. The number of phenolic OH excluding ortho intramolecular Hbond substituents is 1. The zero-order valence-electron chi connectivity index (χ0n) is 9.58. The third kappa shape index (κ3) is 3.37. The predicted molar refractivity (Wildman–Crippen MR) is 68.3 cm³/mol. The van der Waals surface area contributed by atoms with Gasteiger partial charge in [0.15, 0.2) is 0 Å². The Kier molecular flexibility index (Phi) is 3.89. The number of aromatic hydroxyl groups is 1. The summed E-state index contributed by atoms with van der Waals surface area (Å²) < 4.78 is 0. The van der Waals surface area contributed by atoms with Crippen LogP contribution >= 0.6 is 11.6 Å². The number of rotatable bonds is 3. The van der Waals surface area contributed by atoms with Crippen LogP contribution in [0.1, 0.15) is 32.1 Å². The zero-order valence-corrected chi connectivity index (χ0v) is 10.3. The minimum Gasteiger partial charge on any atom is -0.508 e. The fourth-order valence-electron chi connectivity index (χ4n) is 2.28. The molecule has 0 radical (unpaired) electrons. The molecule has 1 aromatic carbocycles. The lowest BCUT2D eigenvalue weighted by Gasteiger charge is -2.10. The van der Waals surface area contributed by atoms with Crippen LogP contribution in [0.25, 0.3) is 0 Å². The Morgan fingerprint density at radius 2 is 2.12 bits per heavy atom. The summed E-state index contributed by atoms with van der Waals surface area (Å²) in [4.78, 5) is 11.8. The molecule has 1 saturated carbocycles. The van der Waals surface area contributed by atoms with Crippen molar-refractivity contribution in [3.63, 3.8) is 0 Å². The number of anilines is 1. The molecule has 0 unspecified atom stereocenters. The number of phenols is 1. The maximum absolute atomic E-state index is 11.8. The highest BCUT2D eigenvalue weighted by atomic mass is 35.5. The summed E-state index contributed by atoms with van der Waals surface area (Å²) >= 11 is 5.92. The summed E-state index contributed by atoms with van der Waals surface area (Å²) in [7, 11) is 0. The number of carbonyl (C=O) groups excluding carboxylic acids is 1. The minimum atomic E-state index is 0.00416. The summed E-state index contributed by atoms with van der Waals surface area (Å²) in [5, 5.41) is 12.4. The fraction of sp³-hybridized carbons (Fsp3) is 0.462. The van der Waals surface area contributed by atoms with Crippen molar-refractivity contribution in [1.82, 2.24) is 0 Å². The van der Waals surface area contributed by atoms with Gasteiger partial charge >= 0.3 is 0 Å². The third-order valence-electron chi connectivity index (χ3n) is 3.18. The largest absolute Gasteiger partial charge is 0.508 e. The van der Waals surface area contributed by atoms with Crippen LogP contribution in [0.2, 0.25) is 5.02 Å². The maximum Gasteiger partial charge on any atom is 0.224 e. The molecule has 0 bridgehead atoms. The Labute approximate surface area is 106 Å². The second-order valence-electron chi connectivity index (χ2n) is 4.57. The van der Waals surface area contributed by atoms with Crippen molar-refractivity contribution in [1.29, 1.82) is 0 Å². The number of benzene rings is 1. The summed E-state index contributed by atoms with van der Waals surface area (Å²) in [6.07, 6.45) is 5.33. The zero-order chi connectivity index (χ0) is 12.3. The topological polar surface area (TPSA) is 49.3 Å². The molecule has 17 heavy (non-hydrogen) atoms. The molecule has 1 aromatic rings. The lowest BCUT2D eigenvalue weighted by molar-refractivity contribution is -0.117. The molecule has 2 rings (SSSR count). The van der Waals surface area contributed by atoms with Crippen molar-refractivity contribution in [2.24, 2.45) is 5.92 Å². The van der Waals surface area contributed by atoms with E-state index in [1.807, 2.05) is 0 Å². The number of hydrogen-bond donors (Lipinski definition) is 2. The van der Waals surface area contributed by atoms with Crippen LogP contribution in [0, 0.1) is 5.92 Å². The SMILES string of the molecule is O=C(CC1CCCC1)Nc1ccc(O)cc1Cl. The molecule has 1 amide bonds. The summed E-state index contributed by atoms with van der Waals surface area (Å²) in [6.45, 7) is 0. The normalized spacial score (nSPS) is 16.1. The van der Waals surface area contributed by atoms with E-state index < -0.39 is 0 Å². The van der Waals surface area contributed by atoms with Gasteiger partial charge in [0.1, 0.15) is 5.75 Å². The highest BCUT2D eigenvalue weighted by Gasteiger charge is 2.18. The van der Waals surface area contributed by atoms with Gasteiger partial charge in [-0.15, -0.1) is 0 Å². The van der Waals surface area contributed by atoms with Crippen LogP contribution in [-0.4, -0.2) is 11.0 Å². The average Bonchev–Trinajstić information content (AvgIpc) is 2.75. The van der Waals surface area contributed by atoms with Crippen LogP contribution in [0.4, 0.5) is 5.69 Å². The fourth-order valence-corrected chi connectivity index (χ4v) is 2.51. The lowest BCUT2D eigenvalue weighted by atomic mass is 10.0. The van der Waals surface area contributed by atoms with E-state index in [9.17, 15) is 9.90 Å². The third-order valence-corrected chi connectivity index (χ3v) is 3.49. The Hall–Kier alpha value is -1.22. The van der Waals surface area contributed by atoms with Gasteiger partial charge in [-0.3, -0.25) is 4.79 Å². The summed E-state index contributed by atoms with van der Waals surface area (Å²) in [5.74, 6) is 0.624. The van der Waals surface area contributed by atoms with Crippen molar-refractivity contribution in [2.45, 2.75) is 32.1 Å². The molecular formula is C13H16ClNO2. The first-order chi connectivity index (χ1) is 8.15. The molecule has 0 saturated heterocycles. The Morgan fingerprint density at radius 1 is 1.41 bits per heavy atom. The van der Waals surface area contributed by atoms with Crippen LogP contribution in [0.3, 0.4) is 0 Å². The molecule has 2 N–H and O–H groups in total. The van der Waals surface area contributed by atoms with Crippen molar-refractivity contribution in [3.8, 4) is 5.75 Å². The van der Waals surface area contributed by atoms with E-state index in [4.69, 9.17) is 11.6 Å². The molecule has 1 fully saturated rings. The van der Waals surface area contributed by atoms with E-state index in [0.29, 0.717) is 23.0 Å². The monoisotopic (exact) mass is 253 g/mol. The Bertz CT molecular complexity index is 414. The first-order valence-electron chi connectivity index (χ1n) is 5.93.